The molecule has 8 heteroatoms. The van der Waals surface area contributed by atoms with Crippen molar-refractivity contribution in [2.45, 2.75) is 39.0 Å². The molecular weight excluding hydrogens is 396 g/mol. The van der Waals surface area contributed by atoms with Crippen molar-refractivity contribution in [3.63, 3.8) is 0 Å². The summed E-state index contributed by atoms with van der Waals surface area (Å²) in [7, 11) is 3.76. The van der Waals surface area contributed by atoms with Gasteiger partial charge in [-0.1, -0.05) is 0 Å². The van der Waals surface area contributed by atoms with Gasteiger partial charge in [-0.05, 0) is 56.6 Å². The third kappa shape index (κ3) is 3.37. The number of thiophene rings is 1. The smallest absolute Gasteiger partial charge is 0.274 e. The van der Waals surface area contributed by atoms with Crippen molar-refractivity contribution in [2.75, 3.05) is 31.6 Å². The molecular formula is C22H28N6OS. The summed E-state index contributed by atoms with van der Waals surface area (Å²) in [6, 6.07) is 1.86. The molecule has 30 heavy (non-hydrogen) atoms. The lowest BCUT2D eigenvalue weighted by atomic mass is 9.96. The van der Waals surface area contributed by atoms with Crippen LogP contribution in [0.25, 0.3) is 10.2 Å². The fourth-order valence-electron chi connectivity index (χ4n) is 4.81. The van der Waals surface area contributed by atoms with Crippen LogP contribution in [-0.4, -0.2) is 57.2 Å². The minimum atomic E-state index is 0.00692. The first-order chi connectivity index (χ1) is 14.5. The van der Waals surface area contributed by atoms with Crippen LogP contribution in [0.2, 0.25) is 0 Å². The van der Waals surface area contributed by atoms with Gasteiger partial charge in [-0.3, -0.25) is 9.48 Å². The zero-order valence-electron chi connectivity index (χ0n) is 17.9. The summed E-state index contributed by atoms with van der Waals surface area (Å²) in [6.45, 7) is 4.69. The van der Waals surface area contributed by atoms with E-state index in [9.17, 15) is 4.79 Å². The van der Waals surface area contributed by atoms with Crippen molar-refractivity contribution in [3.8, 4) is 0 Å². The first-order valence-electron chi connectivity index (χ1n) is 10.8. The highest BCUT2D eigenvalue weighted by molar-refractivity contribution is 7.19. The lowest BCUT2D eigenvalue weighted by Crippen LogP contribution is -2.40. The van der Waals surface area contributed by atoms with Crippen LogP contribution in [0.1, 0.15) is 45.9 Å². The fourth-order valence-corrected chi connectivity index (χ4v) is 6.03. The Morgan fingerprint density at radius 1 is 1.27 bits per heavy atom. The number of rotatable bonds is 4. The van der Waals surface area contributed by atoms with Crippen molar-refractivity contribution in [1.29, 1.82) is 0 Å². The topological polar surface area (TPSA) is 67.2 Å². The standard InChI is InChI=1S/C22H28N6OS/c1-14-11-17(25-27(14)3)22(29)26(2)12-15-7-9-28(10-8-15)20-19-16-5-4-6-18(16)30-21(19)24-13-23-20/h11,13,15H,4-10,12H2,1-3H3. The van der Waals surface area contributed by atoms with Crippen LogP contribution in [0.3, 0.4) is 0 Å². The predicted octanol–water partition coefficient (Wildman–Crippen LogP) is 3.21. The van der Waals surface area contributed by atoms with Gasteiger partial charge in [0.05, 0.1) is 5.39 Å². The lowest BCUT2D eigenvalue weighted by Gasteiger charge is -2.34. The van der Waals surface area contributed by atoms with E-state index in [1.807, 2.05) is 43.3 Å². The van der Waals surface area contributed by atoms with E-state index in [-0.39, 0.29) is 5.91 Å². The van der Waals surface area contributed by atoms with Gasteiger partial charge in [0.15, 0.2) is 5.69 Å². The quantitative estimate of drug-likeness (QED) is 0.643. The largest absolute Gasteiger partial charge is 0.356 e. The molecule has 158 valence electrons. The van der Waals surface area contributed by atoms with Gasteiger partial charge in [0.1, 0.15) is 17.0 Å². The zero-order valence-corrected chi connectivity index (χ0v) is 18.7. The molecule has 0 N–H and O–H groups in total. The maximum atomic E-state index is 12.7. The minimum absolute atomic E-state index is 0.00692. The molecule has 2 aliphatic rings. The molecule has 0 saturated carbocycles. The number of hydrogen-bond donors (Lipinski definition) is 0. The molecule has 3 aromatic rings. The third-order valence-electron chi connectivity index (χ3n) is 6.61. The molecule has 7 nitrogen and oxygen atoms in total. The average Bonchev–Trinajstić information content (AvgIpc) is 3.42. The van der Waals surface area contributed by atoms with Crippen LogP contribution in [0.5, 0.6) is 0 Å². The fraction of sp³-hybridized carbons (Fsp3) is 0.545. The molecule has 0 atom stereocenters. The van der Waals surface area contributed by atoms with Crippen molar-refractivity contribution in [3.05, 3.63) is 34.2 Å². The van der Waals surface area contributed by atoms with Gasteiger partial charge in [0.2, 0.25) is 0 Å². The third-order valence-corrected chi connectivity index (χ3v) is 7.81. The zero-order chi connectivity index (χ0) is 20.8. The van der Waals surface area contributed by atoms with Crippen molar-refractivity contribution >= 4 is 33.3 Å². The second kappa shape index (κ2) is 7.65. The highest BCUT2D eigenvalue weighted by Crippen LogP contribution is 2.40. The van der Waals surface area contributed by atoms with Gasteiger partial charge in [0, 0.05) is 44.3 Å². The number of nitrogens with zero attached hydrogens (tertiary/aromatic N) is 6. The van der Waals surface area contributed by atoms with Crippen LogP contribution in [0.15, 0.2) is 12.4 Å². The minimum Gasteiger partial charge on any atom is -0.356 e. The summed E-state index contributed by atoms with van der Waals surface area (Å²) >= 11 is 1.85. The number of carbonyl (C=O) groups excluding carboxylic acids is 1. The highest BCUT2D eigenvalue weighted by atomic mass is 32.1. The summed E-state index contributed by atoms with van der Waals surface area (Å²) in [5, 5.41) is 5.63. The molecule has 4 heterocycles. The van der Waals surface area contributed by atoms with Crippen LogP contribution in [-0.2, 0) is 19.9 Å². The van der Waals surface area contributed by atoms with Crippen molar-refractivity contribution in [1.82, 2.24) is 24.6 Å². The second-order valence-electron chi connectivity index (χ2n) is 8.65. The van der Waals surface area contributed by atoms with Crippen molar-refractivity contribution < 1.29 is 4.79 Å². The van der Waals surface area contributed by atoms with Gasteiger partial charge >= 0.3 is 0 Å². The molecule has 5 rings (SSSR count). The van der Waals surface area contributed by atoms with E-state index >= 15 is 0 Å². The van der Waals surface area contributed by atoms with E-state index in [1.54, 1.807) is 11.0 Å². The molecule has 0 spiro atoms. The molecule has 1 aliphatic carbocycles. The van der Waals surface area contributed by atoms with E-state index in [2.05, 4.69) is 15.0 Å². The summed E-state index contributed by atoms with van der Waals surface area (Å²) in [4.78, 5) is 28.9. The number of amides is 1. The number of aromatic nitrogens is 4. The molecule has 1 saturated heterocycles. The first-order valence-corrected chi connectivity index (χ1v) is 11.6. The Bertz CT molecular complexity index is 1080. The summed E-state index contributed by atoms with van der Waals surface area (Å²) in [6.07, 6.45) is 7.45. The van der Waals surface area contributed by atoms with Gasteiger partial charge in [-0.2, -0.15) is 5.10 Å². The molecule has 0 radical (unpaired) electrons. The SMILES string of the molecule is Cc1cc(C(=O)N(C)CC2CCN(c3ncnc4sc5c(c34)CCC5)CC2)nn1C. The molecule has 0 bridgehead atoms. The van der Waals surface area contributed by atoms with Crippen LogP contribution < -0.4 is 4.90 Å². The normalized spacial score (nSPS) is 17.0. The second-order valence-corrected chi connectivity index (χ2v) is 9.73. The molecule has 3 aromatic heterocycles. The Hall–Kier alpha value is -2.48. The number of fused-ring (bicyclic) bond motifs is 3. The number of piperidine rings is 1. The highest BCUT2D eigenvalue weighted by Gasteiger charge is 2.27. The number of hydrogen-bond acceptors (Lipinski definition) is 6. The summed E-state index contributed by atoms with van der Waals surface area (Å²) in [5.41, 5.74) is 3.02. The lowest BCUT2D eigenvalue weighted by molar-refractivity contribution is 0.0758. The number of anilines is 1. The van der Waals surface area contributed by atoms with E-state index in [0.717, 1.165) is 55.2 Å². The first kappa shape index (κ1) is 19.5. The average molecular weight is 425 g/mol. The van der Waals surface area contributed by atoms with Gasteiger partial charge < -0.3 is 9.80 Å². The molecule has 1 fully saturated rings. The van der Waals surface area contributed by atoms with Gasteiger partial charge in [-0.15, -0.1) is 11.3 Å². The van der Waals surface area contributed by atoms with Gasteiger partial charge in [0.25, 0.3) is 5.91 Å². The summed E-state index contributed by atoms with van der Waals surface area (Å²) in [5.74, 6) is 1.63. The number of aryl methyl sites for hydroxylation is 4. The Labute approximate surface area is 180 Å². The predicted molar refractivity (Wildman–Crippen MR) is 119 cm³/mol. The Morgan fingerprint density at radius 2 is 2.07 bits per heavy atom. The van der Waals surface area contributed by atoms with E-state index in [1.165, 1.54) is 28.7 Å². The Kier molecular flexibility index (Phi) is 4.97. The van der Waals surface area contributed by atoms with E-state index < -0.39 is 0 Å². The van der Waals surface area contributed by atoms with Crippen LogP contribution in [0, 0.1) is 12.8 Å². The molecule has 1 amide bonds. The number of carbonyl (C=O) groups is 1. The molecule has 1 aliphatic heterocycles. The van der Waals surface area contributed by atoms with E-state index in [4.69, 9.17) is 4.98 Å². The van der Waals surface area contributed by atoms with E-state index in [0.29, 0.717) is 11.6 Å². The monoisotopic (exact) mass is 424 g/mol. The molecule has 0 unspecified atom stereocenters. The van der Waals surface area contributed by atoms with Crippen LogP contribution >= 0.6 is 11.3 Å². The Balaban J connectivity index is 1.25. The maximum absolute atomic E-state index is 12.7. The summed E-state index contributed by atoms with van der Waals surface area (Å²) < 4.78 is 1.75. The maximum Gasteiger partial charge on any atom is 0.274 e. The van der Waals surface area contributed by atoms with Crippen LogP contribution in [0.4, 0.5) is 5.82 Å². The Morgan fingerprint density at radius 3 is 2.80 bits per heavy atom. The van der Waals surface area contributed by atoms with Crippen molar-refractivity contribution in [2.24, 2.45) is 13.0 Å². The molecule has 0 aromatic carbocycles. The van der Waals surface area contributed by atoms with Gasteiger partial charge in [-0.25, -0.2) is 9.97 Å².